The Balaban J connectivity index is 2.47. The highest BCUT2D eigenvalue weighted by Crippen LogP contribution is 2.18. The monoisotopic (exact) mass is 266 g/mol. The second kappa shape index (κ2) is 5.35. The average molecular weight is 267 g/mol. The van der Waals surface area contributed by atoms with Crippen molar-refractivity contribution < 1.29 is 4.79 Å². The smallest absolute Gasteiger partial charge is 0.240 e. The third-order valence-electron chi connectivity index (χ3n) is 2.71. The number of nitrogens with zero attached hydrogens (tertiary/aromatic N) is 3. The molecule has 18 heavy (non-hydrogen) atoms. The van der Waals surface area contributed by atoms with Gasteiger partial charge in [-0.1, -0.05) is 0 Å². The summed E-state index contributed by atoms with van der Waals surface area (Å²) in [5.41, 5.74) is 2.54. The van der Waals surface area contributed by atoms with Gasteiger partial charge in [-0.3, -0.25) is 4.79 Å². The van der Waals surface area contributed by atoms with Crippen LogP contribution >= 0.6 is 11.6 Å². The van der Waals surface area contributed by atoms with Gasteiger partial charge in [0.05, 0.1) is 5.88 Å². The number of nitrogens with one attached hydrogen (secondary N) is 1. The van der Waals surface area contributed by atoms with Crippen molar-refractivity contribution in [1.29, 1.82) is 0 Å². The maximum absolute atomic E-state index is 11.7. The van der Waals surface area contributed by atoms with Crippen molar-refractivity contribution in [3.05, 3.63) is 23.7 Å². The summed E-state index contributed by atoms with van der Waals surface area (Å²) < 4.78 is 1.76. The number of aromatic nitrogens is 3. The van der Waals surface area contributed by atoms with Gasteiger partial charge in [0.2, 0.25) is 5.91 Å². The third-order valence-corrected chi connectivity index (χ3v) is 2.95. The van der Waals surface area contributed by atoms with Gasteiger partial charge in [-0.25, -0.2) is 9.97 Å². The van der Waals surface area contributed by atoms with E-state index in [0.29, 0.717) is 18.0 Å². The fraction of sp³-hybridized carbons (Fsp3) is 0.417. The summed E-state index contributed by atoms with van der Waals surface area (Å²) in [6.07, 6.45) is 1.71. The molecule has 0 aliphatic carbocycles. The van der Waals surface area contributed by atoms with E-state index in [9.17, 15) is 4.79 Å². The van der Waals surface area contributed by atoms with E-state index in [0.717, 1.165) is 11.1 Å². The van der Waals surface area contributed by atoms with E-state index in [2.05, 4.69) is 15.3 Å². The van der Waals surface area contributed by atoms with Crippen LogP contribution in [-0.4, -0.2) is 27.0 Å². The fourth-order valence-electron chi connectivity index (χ4n) is 1.85. The predicted octanol–water partition coefficient (Wildman–Crippen LogP) is 1.61. The molecule has 6 heteroatoms. The number of pyridine rings is 1. The molecule has 0 spiro atoms. The first-order valence-corrected chi connectivity index (χ1v) is 6.34. The summed E-state index contributed by atoms with van der Waals surface area (Å²) in [6, 6.07) is 1.89. The summed E-state index contributed by atoms with van der Waals surface area (Å²) in [6.45, 7) is 4.65. The molecule has 0 unspecified atom stereocenters. The van der Waals surface area contributed by atoms with Crippen molar-refractivity contribution in [3.8, 4) is 0 Å². The lowest BCUT2D eigenvalue weighted by Crippen LogP contribution is -2.27. The molecule has 0 saturated carbocycles. The topological polar surface area (TPSA) is 59.8 Å². The van der Waals surface area contributed by atoms with Crippen molar-refractivity contribution in [2.24, 2.45) is 0 Å². The number of likely N-dealkylation sites (N-methyl/N-ethyl adjacent to an activating group) is 1. The zero-order chi connectivity index (χ0) is 13.1. The van der Waals surface area contributed by atoms with E-state index < -0.39 is 0 Å². The standard InChI is InChI=1S/C12H15ClN4O/c1-3-14-10(18)7-17-9(6-13)16-11-8(2)4-5-15-12(11)17/h4-5H,3,6-7H2,1-2H3,(H,14,18). The molecule has 0 aliphatic heterocycles. The Morgan fingerprint density at radius 1 is 1.56 bits per heavy atom. The van der Waals surface area contributed by atoms with Gasteiger partial charge in [0, 0.05) is 12.7 Å². The molecule has 0 radical (unpaired) electrons. The van der Waals surface area contributed by atoms with E-state index in [-0.39, 0.29) is 18.3 Å². The maximum Gasteiger partial charge on any atom is 0.240 e. The number of aryl methyl sites for hydroxylation is 1. The largest absolute Gasteiger partial charge is 0.355 e. The number of hydrogen-bond donors (Lipinski definition) is 1. The number of amides is 1. The highest BCUT2D eigenvalue weighted by molar-refractivity contribution is 6.16. The molecule has 5 nitrogen and oxygen atoms in total. The third kappa shape index (κ3) is 2.31. The molecule has 0 fully saturated rings. The predicted molar refractivity (Wildman–Crippen MR) is 70.5 cm³/mol. The van der Waals surface area contributed by atoms with E-state index in [1.165, 1.54) is 0 Å². The Labute approximate surface area is 110 Å². The van der Waals surface area contributed by atoms with Gasteiger partial charge >= 0.3 is 0 Å². The van der Waals surface area contributed by atoms with Crippen LogP contribution in [0.3, 0.4) is 0 Å². The van der Waals surface area contributed by atoms with Crippen LogP contribution in [0.4, 0.5) is 0 Å². The van der Waals surface area contributed by atoms with Crippen LogP contribution in [-0.2, 0) is 17.2 Å². The normalized spacial score (nSPS) is 10.8. The first kappa shape index (κ1) is 12.8. The van der Waals surface area contributed by atoms with Gasteiger partial charge in [-0.2, -0.15) is 0 Å². The summed E-state index contributed by atoms with van der Waals surface area (Å²) >= 11 is 5.87. The molecule has 96 valence electrons. The Bertz CT molecular complexity index is 579. The molecule has 2 aromatic rings. The molecule has 1 amide bonds. The van der Waals surface area contributed by atoms with Crippen LogP contribution < -0.4 is 5.32 Å². The summed E-state index contributed by atoms with van der Waals surface area (Å²) in [7, 11) is 0. The van der Waals surface area contributed by atoms with E-state index in [1.54, 1.807) is 10.8 Å². The van der Waals surface area contributed by atoms with E-state index >= 15 is 0 Å². The lowest BCUT2D eigenvalue weighted by atomic mass is 10.3. The van der Waals surface area contributed by atoms with E-state index in [4.69, 9.17) is 11.6 Å². The van der Waals surface area contributed by atoms with Crippen LogP contribution in [0.25, 0.3) is 11.2 Å². The highest BCUT2D eigenvalue weighted by Gasteiger charge is 2.14. The van der Waals surface area contributed by atoms with Gasteiger partial charge in [-0.15, -0.1) is 11.6 Å². The van der Waals surface area contributed by atoms with Crippen LogP contribution in [0.2, 0.25) is 0 Å². The van der Waals surface area contributed by atoms with Crippen LogP contribution in [0.5, 0.6) is 0 Å². The minimum absolute atomic E-state index is 0.0635. The molecular weight excluding hydrogens is 252 g/mol. The lowest BCUT2D eigenvalue weighted by molar-refractivity contribution is -0.121. The Morgan fingerprint density at radius 2 is 2.33 bits per heavy atom. The van der Waals surface area contributed by atoms with Gasteiger partial charge < -0.3 is 9.88 Å². The molecule has 0 aliphatic rings. The Morgan fingerprint density at radius 3 is 3.00 bits per heavy atom. The summed E-state index contributed by atoms with van der Waals surface area (Å²) in [5.74, 6) is 0.862. The second-order valence-corrected chi connectivity index (χ2v) is 4.27. The van der Waals surface area contributed by atoms with Crippen LogP contribution in [0, 0.1) is 6.92 Å². The minimum atomic E-state index is -0.0635. The van der Waals surface area contributed by atoms with Crippen LogP contribution in [0.15, 0.2) is 12.3 Å². The zero-order valence-electron chi connectivity index (χ0n) is 10.4. The minimum Gasteiger partial charge on any atom is -0.355 e. The van der Waals surface area contributed by atoms with Crippen molar-refractivity contribution in [2.45, 2.75) is 26.3 Å². The highest BCUT2D eigenvalue weighted by atomic mass is 35.5. The number of carbonyl (C=O) groups excluding carboxylic acids is 1. The summed E-state index contributed by atoms with van der Waals surface area (Å²) in [5, 5.41) is 2.76. The van der Waals surface area contributed by atoms with Gasteiger partial charge in [-0.05, 0) is 25.5 Å². The maximum atomic E-state index is 11.7. The first-order valence-electron chi connectivity index (χ1n) is 5.80. The fourth-order valence-corrected chi connectivity index (χ4v) is 2.05. The molecule has 2 heterocycles. The quantitative estimate of drug-likeness (QED) is 0.856. The van der Waals surface area contributed by atoms with Gasteiger partial charge in [0.1, 0.15) is 17.9 Å². The molecule has 1 N–H and O–H groups in total. The van der Waals surface area contributed by atoms with E-state index in [1.807, 2.05) is 19.9 Å². The number of hydrogen-bond acceptors (Lipinski definition) is 3. The SMILES string of the molecule is CCNC(=O)Cn1c(CCl)nc2c(C)ccnc21. The van der Waals surface area contributed by atoms with Gasteiger partial charge in [0.25, 0.3) is 0 Å². The molecule has 0 bridgehead atoms. The number of imidazole rings is 1. The lowest BCUT2D eigenvalue weighted by Gasteiger charge is -2.06. The van der Waals surface area contributed by atoms with Crippen molar-refractivity contribution >= 4 is 28.7 Å². The molecular formula is C12H15ClN4O. The van der Waals surface area contributed by atoms with Crippen LogP contribution in [0.1, 0.15) is 18.3 Å². The number of fused-ring (bicyclic) bond motifs is 1. The summed E-state index contributed by atoms with van der Waals surface area (Å²) in [4.78, 5) is 20.4. The zero-order valence-corrected chi connectivity index (χ0v) is 11.2. The number of alkyl halides is 1. The Hall–Kier alpha value is -1.62. The second-order valence-electron chi connectivity index (χ2n) is 4.00. The molecule has 0 atom stereocenters. The molecule has 2 rings (SSSR count). The molecule has 2 aromatic heterocycles. The number of rotatable bonds is 4. The Kier molecular flexibility index (Phi) is 3.81. The average Bonchev–Trinajstić information content (AvgIpc) is 2.69. The first-order chi connectivity index (χ1) is 8.67. The van der Waals surface area contributed by atoms with Gasteiger partial charge in [0.15, 0.2) is 5.65 Å². The molecule has 0 aromatic carbocycles. The number of halogens is 1. The molecule has 0 saturated heterocycles. The van der Waals surface area contributed by atoms with Crippen molar-refractivity contribution in [3.63, 3.8) is 0 Å². The number of carbonyl (C=O) groups is 1. The van der Waals surface area contributed by atoms with Crippen molar-refractivity contribution in [2.75, 3.05) is 6.54 Å². The van der Waals surface area contributed by atoms with Crippen molar-refractivity contribution in [1.82, 2.24) is 19.9 Å².